The van der Waals surface area contributed by atoms with Gasteiger partial charge in [0.05, 0.1) is 4.90 Å². The average Bonchev–Trinajstić information content (AvgIpc) is 2.36. The lowest BCUT2D eigenvalue weighted by molar-refractivity contribution is 0.428. The van der Waals surface area contributed by atoms with Gasteiger partial charge in [-0.1, -0.05) is 26.0 Å². The van der Waals surface area contributed by atoms with Crippen LogP contribution in [0.3, 0.4) is 0 Å². The van der Waals surface area contributed by atoms with E-state index in [9.17, 15) is 8.42 Å². The Kier molecular flexibility index (Phi) is 5.97. The molecule has 0 spiro atoms. The second kappa shape index (κ2) is 7.03. The highest BCUT2D eigenvalue weighted by Crippen LogP contribution is 2.17. The van der Waals surface area contributed by atoms with Crippen LogP contribution in [-0.2, 0) is 16.6 Å². The smallest absolute Gasteiger partial charge is 0.242 e. The second-order valence-corrected chi connectivity index (χ2v) is 7.23. The van der Waals surface area contributed by atoms with Crippen LogP contribution >= 0.6 is 0 Å². The summed E-state index contributed by atoms with van der Waals surface area (Å²) in [7, 11) is 0.115. The number of nitrogens with zero attached hydrogens (tertiary/aromatic N) is 1. The zero-order valence-corrected chi connectivity index (χ0v) is 13.0. The second-order valence-electron chi connectivity index (χ2n) is 5.19. The molecule has 0 aromatic heterocycles. The van der Waals surface area contributed by atoms with Gasteiger partial charge >= 0.3 is 0 Å². The Bertz CT molecular complexity index is 498. The lowest BCUT2D eigenvalue weighted by Crippen LogP contribution is -2.28. The molecule has 0 heterocycles. The highest BCUT2D eigenvalue weighted by molar-refractivity contribution is 7.89. The molecule has 5 heteroatoms. The normalized spacial score (nSPS) is 12.3. The van der Waals surface area contributed by atoms with E-state index in [1.54, 1.807) is 25.2 Å². The van der Waals surface area contributed by atoms with Crippen molar-refractivity contribution >= 4 is 10.0 Å². The van der Waals surface area contributed by atoms with Gasteiger partial charge < -0.3 is 5.32 Å². The number of benzene rings is 1. The Labute approximate surface area is 116 Å². The molecule has 0 saturated heterocycles. The zero-order chi connectivity index (χ0) is 14.5. The van der Waals surface area contributed by atoms with E-state index in [-0.39, 0.29) is 0 Å². The Morgan fingerprint density at radius 3 is 2.58 bits per heavy atom. The average molecular weight is 284 g/mol. The van der Waals surface area contributed by atoms with Crippen molar-refractivity contribution in [2.75, 3.05) is 20.6 Å². The first kappa shape index (κ1) is 16.1. The topological polar surface area (TPSA) is 49.4 Å². The first-order valence-electron chi connectivity index (χ1n) is 6.57. The number of hydrogen-bond donors (Lipinski definition) is 1. The molecule has 0 bridgehead atoms. The van der Waals surface area contributed by atoms with Crippen molar-refractivity contribution in [3.8, 4) is 0 Å². The number of rotatable bonds is 7. The minimum absolute atomic E-state index is 0.367. The minimum atomic E-state index is -3.37. The van der Waals surface area contributed by atoms with Crippen molar-refractivity contribution < 1.29 is 8.42 Å². The Morgan fingerprint density at radius 1 is 1.32 bits per heavy atom. The molecule has 108 valence electrons. The van der Waals surface area contributed by atoms with Crippen LogP contribution in [-0.4, -0.2) is 33.4 Å². The summed E-state index contributed by atoms with van der Waals surface area (Å²) < 4.78 is 26.2. The maximum atomic E-state index is 12.4. The third-order valence-corrected chi connectivity index (χ3v) is 4.86. The summed E-state index contributed by atoms with van der Waals surface area (Å²) in [5.74, 6) is 0.494. The summed E-state index contributed by atoms with van der Waals surface area (Å²) in [6, 6.07) is 7.09. The van der Waals surface area contributed by atoms with Gasteiger partial charge in [-0.2, -0.15) is 0 Å². The molecule has 1 aromatic carbocycles. The Morgan fingerprint density at radius 2 is 2.00 bits per heavy atom. The Balaban J connectivity index is 2.89. The summed E-state index contributed by atoms with van der Waals surface area (Å²) in [6.45, 7) is 5.40. The van der Waals surface area contributed by atoms with E-state index in [4.69, 9.17) is 0 Å². The molecule has 0 fully saturated rings. The molecule has 4 nitrogen and oxygen atoms in total. The summed E-state index contributed by atoms with van der Waals surface area (Å²) in [5.41, 5.74) is 0.973. The molecule has 0 aliphatic rings. The molecular weight excluding hydrogens is 260 g/mol. The lowest BCUT2D eigenvalue weighted by atomic mass is 10.1. The van der Waals surface area contributed by atoms with Crippen molar-refractivity contribution in [1.82, 2.24) is 9.62 Å². The van der Waals surface area contributed by atoms with Gasteiger partial charge in [0.1, 0.15) is 0 Å². The van der Waals surface area contributed by atoms with Crippen LogP contribution in [0.1, 0.15) is 25.8 Å². The summed E-state index contributed by atoms with van der Waals surface area (Å²) in [5, 5.41) is 3.02. The monoisotopic (exact) mass is 284 g/mol. The molecule has 19 heavy (non-hydrogen) atoms. The van der Waals surface area contributed by atoms with E-state index in [0.29, 0.717) is 23.9 Å². The van der Waals surface area contributed by atoms with Gasteiger partial charge in [-0.3, -0.25) is 0 Å². The summed E-state index contributed by atoms with van der Waals surface area (Å²) in [4.78, 5) is 0.367. The molecule has 0 aliphatic heterocycles. The highest BCUT2D eigenvalue weighted by Gasteiger charge is 2.20. The molecule has 0 radical (unpaired) electrons. The van der Waals surface area contributed by atoms with Crippen LogP contribution in [0.5, 0.6) is 0 Å². The molecule has 0 saturated carbocycles. The summed E-state index contributed by atoms with van der Waals surface area (Å²) in [6.07, 6.45) is 0.867. The first-order chi connectivity index (χ1) is 8.87. The fraction of sp³-hybridized carbons (Fsp3) is 0.571. The van der Waals surface area contributed by atoms with E-state index >= 15 is 0 Å². The minimum Gasteiger partial charge on any atom is -0.316 e. The van der Waals surface area contributed by atoms with Crippen LogP contribution in [0.4, 0.5) is 0 Å². The predicted octanol–water partition coefficient (Wildman–Crippen LogP) is 2.07. The van der Waals surface area contributed by atoms with Crippen molar-refractivity contribution in [3.05, 3.63) is 29.8 Å². The maximum absolute atomic E-state index is 12.4. The van der Waals surface area contributed by atoms with Gasteiger partial charge in [-0.05, 0) is 37.1 Å². The third kappa shape index (κ3) is 4.60. The standard InChI is InChI=1S/C14H24N2O2S/c1-12(2)8-9-16(4)19(17,18)14-7-5-6-13(10-14)11-15-3/h5-7,10,12,15H,8-9,11H2,1-4H3. The van der Waals surface area contributed by atoms with Gasteiger partial charge in [0, 0.05) is 20.1 Å². The van der Waals surface area contributed by atoms with E-state index in [2.05, 4.69) is 19.2 Å². The molecule has 1 aromatic rings. The van der Waals surface area contributed by atoms with Gasteiger partial charge in [0.25, 0.3) is 0 Å². The van der Waals surface area contributed by atoms with Crippen molar-refractivity contribution in [1.29, 1.82) is 0 Å². The van der Waals surface area contributed by atoms with Gasteiger partial charge in [-0.15, -0.1) is 0 Å². The fourth-order valence-electron chi connectivity index (χ4n) is 1.76. The van der Waals surface area contributed by atoms with E-state index < -0.39 is 10.0 Å². The van der Waals surface area contributed by atoms with Crippen LogP contribution in [0.2, 0.25) is 0 Å². The number of nitrogens with one attached hydrogen (secondary N) is 1. The number of hydrogen-bond acceptors (Lipinski definition) is 3. The largest absolute Gasteiger partial charge is 0.316 e. The lowest BCUT2D eigenvalue weighted by Gasteiger charge is -2.18. The molecule has 0 aliphatic carbocycles. The molecule has 0 unspecified atom stereocenters. The molecule has 1 N–H and O–H groups in total. The van der Waals surface area contributed by atoms with Gasteiger partial charge in [0.2, 0.25) is 10.0 Å². The van der Waals surface area contributed by atoms with Crippen LogP contribution < -0.4 is 5.32 Å². The molecule has 1 rings (SSSR count). The summed E-state index contributed by atoms with van der Waals surface area (Å²) >= 11 is 0. The third-order valence-electron chi connectivity index (χ3n) is 3.01. The maximum Gasteiger partial charge on any atom is 0.242 e. The van der Waals surface area contributed by atoms with Crippen molar-refractivity contribution in [3.63, 3.8) is 0 Å². The predicted molar refractivity (Wildman–Crippen MR) is 78.5 cm³/mol. The van der Waals surface area contributed by atoms with Gasteiger partial charge in [-0.25, -0.2) is 12.7 Å². The van der Waals surface area contributed by atoms with Crippen LogP contribution in [0.25, 0.3) is 0 Å². The van der Waals surface area contributed by atoms with Crippen LogP contribution in [0.15, 0.2) is 29.2 Å². The quantitative estimate of drug-likeness (QED) is 0.834. The van der Waals surface area contributed by atoms with Crippen molar-refractivity contribution in [2.45, 2.75) is 31.7 Å². The number of sulfonamides is 1. The Hall–Kier alpha value is -0.910. The first-order valence-corrected chi connectivity index (χ1v) is 8.01. The molecule has 0 amide bonds. The molecule has 0 atom stereocenters. The zero-order valence-electron chi connectivity index (χ0n) is 12.2. The molecular formula is C14H24N2O2S. The SMILES string of the molecule is CNCc1cccc(S(=O)(=O)N(C)CCC(C)C)c1. The van der Waals surface area contributed by atoms with E-state index in [1.807, 2.05) is 13.1 Å². The highest BCUT2D eigenvalue weighted by atomic mass is 32.2. The van der Waals surface area contributed by atoms with Gasteiger partial charge in [0.15, 0.2) is 0 Å². The van der Waals surface area contributed by atoms with E-state index in [0.717, 1.165) is 12.0 Å². The van der Waals surface area contributed by atoms with E-state index in [1.165, 1.54) is 4.31 Å². The van der Waals surface area contributed by atoms with Crippen molar-refractivity contribution in [2.24, 2.45) is 5.92 Å². The fourth-order valence-corrected chi connectivity index (χ4v) is 3.02. The van der Waals surface area contributed by atoms with Crippen LogP contribution in [0, 0.1) is 5.92 Å².